The van der Waals surface area contributed by atoms with Crippen LogP contribution in [0.1, 0.15) is 11.1 Å². The number of aryl methyl sites for hydroxylation is 1. The Labute approximate surface area is 133 Å². The largest absolute Gasteiger partial charge is 0.480 e. The summed E-state index contributed by atoms with van der Waals surface area (Å²) in [7, 11) is -2.38. The second kappa shape index (κ2) is 6.60. The summed E-state index contributed by atoms with van der Waals surface area (Å²) in [5.74, 6) is -1.30. The number of benzene rings is 1. The van der Waals surface area contributed by atoms with E-state index in [-0.39, 0.29) is 16.9 Å². The predicted molar refractivity (Wildman–Crippen MR) is 79.8 cm³/mol. The number of nitriles is 1. The summed E-state index contributed by atoms with van der Waals surface area (Å²) in [6.45, 7) is 0. The van der Waals surface area contributed by atoms with E-state index in [4.69, 9.17) is 5.26 Å². The van der Waals surface area contributed by atoms with Gasteiger partial charge in [-0.1, -0.05) is 6.07 Å². The van der Waals surface area contributed by atoms with E-state index < -0.39 is 22.0 Å². The molecule has 0 saturated heterocycles. The van der Waals surface area contributed by atoms with E-state index >= 15 is 0 Å². The number of rotatable bonds is 6. The van der Waals surface area contributed by atoms with Crippen molar-refractivity contribution in [3.05, 3.63) is 47.8 Å². The summed E-state index contributed by atoms with van der Waals surface area (Å²) < 4.78 is 28.3. The highest BCUT2D eigenvalue weighted by Gasteiger charge is 2.26. The summed E-state index contributed by atoms with van der Waals surface area (Å²) in [6, 6.07) is 5.87. The number of hydrogen-bond acceptors (Lipinski definition) is 5. The van der Waals surface area contributed by atoms with Crippen molar-refractivity contribution in [1.82, 2.24) is 14.5 Å². The molecule has 8 nitrogen and oxygen atoms in total. The Hall–Kier alpha value is -2.70. The van der Waals surface area contributed by atoms with Gasteiger partial charge in [-0.05, 0) is 23.8 Å². The van der Waals surface area contributed by atoms with Crippen LogP contribution < -0.4 is 4.72 Å². The summed E-state index contributed by atoms with van der Waals surface area (Å²) >= 11 is 0. The SMILES string of the molecule is Cn1cc(CC(NS(=O)(=O)c2cccc(C#N)c2)C(=O)O)cn1. The minimum absolute atomic E-state index is 0.0413. The summed E-state index contributed by atoms with van der Waals surface area (Å²) in [5, 5.41) is 22.0. The third kappa shape index (κ3) is 4.15. The lowest BCUT2D eigenvalue weighted by Crippen LogP contribution is -2.42. The monoisotopic (exact) mass is 334 g/mol. The van der Waals surface area contributed by atoms with Crippen LogP contribution in [0.2, 0.25) is 0 Å². The Morgan fingerprint density at radius 2 is 2.26 bits per heavy atom. The van der Waals surface area contributed by atoms with Gasteiger partial charge in [0.15, 0.2) is 0 Å². The number of nitrogens with zero attached hydrogens (tertiary/aromatic N) is 3. The average Bonchev–Trinajstić information content (AvgIpc) is 2.91. The normalized spacial score (nSPS) is 12.5. The molecule has 9 heteroatoms. The first-order chi connectivity index (χ1) is 10.8. The molecular weight excluding hydrogens is 320 g/mol. The lowest BCUT2D eigenvalue weighted by Gasteiger charge is -2.14. The number of aromatic nitrogens is 2. The zero-order chi connectivity index (χ0) is 17.0. The van der Waals surface area contributed by atoms with Crippen LogP contribution in [0, 0.1) is 11.3 Å². The van der Waals surface area contributed by atoms with E-state index in [2.05, 4.69) is 9.82 Å². The first kappa shape index (κ1) is 16.7. The number of aliphatic carboxylic acids is 1. The molecule has 0 spiro atoms. The molecule has 2 aromatic rings. The van der Waals surface area contributed by atoms with Gasteiger partial charge in [0.1, 0.15) is 6.04 Å². The first-order valence-corrected chi connectivity index (χ1v) is 8.03. The fraction of sp³-hybridized carbons (Fsp3) is 0.214. The highest BCUT2D eigenvalue weighted by molar-refractivity contribution is 7.89. The van der Waals surface area contributed by atoms with Crippen molar-refractivity contribution in [3.63, 3.8) is 0 Å². The van der Waals surface area contributed by atoms with E-state index in [1.165, 1.54) is 35.1 Å². The van der Waals surface area contributed by atoms with Crippen molar-refractivity contribution in [1.29, 1.82) is 5.26 Å². The standard InChI is InChI=1S/C14H14N4O4S/c1-18-9-11(8-16-18)6-13(14(19)20)17-23(21,22)12-4-2-3-10(5-12)7-15/h2-5,8-9,13,17H,6H2,1H3,(H,19,20). The maximum absolute atomic E-state index is 12.3. The van der Waals surface area contributed by atoms with Gasteiger partial charge < -0.3 is 5.11 Å². The Morgan fingerprint density at radius 1 is 1.52 bits per heavy atom. The molecule has 1 atom stereocenters. The average molecular weight is 334 g/mol. The van der Waals surface area contributed by atoms with Crippen molar-refractivity contribution in [2.75, 3.05) is 0 Å². The van der Waals surface area contributed by atoms with Gasteiger partial charge in [0.05, 0.1) is 22.7 Å². The molecule has 1 unspecified atom stereocenters. The van der Waals surface area contributed by atoms with Crippen LogP contribution in [0.25, 0.3) is 0 Å². The van der Waals surface area contributed by atoms with Crippen molar-refractivity contribution in [2.24, 2.45) is 7.05 Å². The van der Waals surface area contributed by atoms with Crippen LogP contribution in [-0.4, -0.2) is 35.3 Å². The topological polar surface area (TPSA) is 125 Å². The van der Waals surface area contributed by atoms with E-state index in [1.807, 2.05) is 6.07 Å². The Kier molecular flexibility index (Phi) is 4.78. The van der Waals surface area contributed by atoms with Gasteiger partial charge >= 0.3 is 5.97 Å². The molecule has 23 heavy (non-hydrogen) atoms. The fourth-order valence-corrected chi connectivity index (χ4v) is 3.22. The number of carboxylic acids is 1. The molecule has 0 fully saturated rings. The summed E-state index contributed by atoms with van der Waals surface area (Å²) in [4.78, 5) is 11.2. The van der Waals surface area contributed by atoms with Gasteiger partial charge in [-0.2, -0.15) is 15.1 Å². The van der Waals surface area contributed by atoms with Gasteiger partial charge in [-0.15, -0.1) is 0 Å². The molecule has 0 aliphatic rings. The van der Waals surface area contributed by atoms with Crippen LogP contribution in [-0.2, 0) is 28.3 Å². The van der Waals surface area contributed by atoms with E-state index in [1.54, 1.807) is 13.2 Å². The Balaban J connectivity index is 2.24. The Morgan fingerprint density at radius 3 is 2.83 bits per heavy atom. The lowest BCUT2D eigenvalue weighted by atomic mass is 10.1. The molecule has 1 heterocycles. The van der Waals surface area contributed by atoms with Crippen LogP contribution in [0.3, 0.4) is 0 Å². The third-order valence-corrected chi connectivity index (χ3v) is 4.54. The molecule has 1 aromatic carbocycles. The minimum atomic E-state index is -4.06. The second-order valence-electron chi connectivity index (χ2n) is 4.88. The van der Waals surface area contributed by atoms with Crippen molar-refractivity contribution in [3.8, 4) is 6.07 Å². The summed E-state index contributed by atoms with van der Waals surface area (Å²) in [5.41, 5.74) is 0.764. The molecular formula is C14H14N4O4S. The number of hydrogen-bond donors (Lipinski definition) is 2. The van der Waals surface area contributed by atoms with Gasteiger partial charge in [-0.3, -0.25) is 9.48 Å². The number of carboxylic acid groups (broad SMARTS) is 1. The second-order valence-corrected chi connectivity index (χ2v) is 6.59. The van der Waals surface area contributed by atoms with E-state index in [0.717, 1.165) is 0 Å². The minimum Gasteiger partial charge on any atom is -0.480 e. The maximum Gasteiger partial charge on any atom is 0.322 e. The molecule has 0 aliphatic carbocycles. The van der Waals surface area contributed by atoms with E-state index in [0.29, 0.717) is 5.56 Å². The van der Waals surface area contributed by atoms with E-state index in [9.17, 15) is 18.3 Å². The number of carbonyl (C=O) groups is 1. The van der Waals surface area contributed by atoms with Crippen molar-refractivity contribution < 1.29 is 18.3 Å². The molecule has 0 bridgehead atoms. The smallest absolute Gasteiger partial charge is 0.322 e. The number of nitrogens with one attached hydrogen (secondary N) is 1. The zero-order valence-corrected chi connectivity index (χ0v) is 13.0. The number of sulfonamides is 1. The molecule has 0 aliphatic heterocycles. The van der Waals surface area contributed by atoms with Crippen molar-refractivity contribution >= 4 is 16.0 Å². The van der Waals surface area contributed by atoms with Crippen LogP contribution >= 0.6 is 0 Å². The van der Waals surface area contributed by atoms with Gasteiger partial charge in [0, 0.05) is 19.7 Å². The lowest BCUT2D eigenvalue weighted by molar-refractivity contribution is -0.138. The summed E-state index contributed by atoms with van der Waals surface area (Å²) in [6.07, 6.45) is 3.04. The molecule has 2 N–H and O–H groups in total. The third-order valence-electron chi connectivity index (χ3n) is 3.07. The van der Waals surface area contributed by atoms with Crippen LogP contribution in [0.5, 0.6) is 0 Å². The molecule has 0 radical (unpaired) electrons. The molecule has 1 aromatic heterocycles. The quantitative estimate of drug-likeness (QED) is 0.781. The van der Waals surface area contributed by atoms with Gasteiger partial charge in [0.2, 0.25) is 10.0 Å². The molecule has 2 rings (SSSR count). The van der Waals surface area contributed by atoms with Crippen LogP contribution in [0.4, 0.5) is 0 Å². The van der Waals surface area contributed by atoms with Crippen molar-refractivity contribution in [2.45, 2.75) is 17.4 Å². The fourth-order valence-electron chi connectivity index (χ4n) is 1.98. The molecule has 0 saturated carbocycles. The van der Waals surface area contributed by atoms with Gasteiger partial charge in [0.25, 0.3) is 0 Å². The highest BCUT2D eigenvalue weighted by atomic mass is 32.2. The maximum atomic E-state index is 12.3. The Bertz CT molecular complexity index is 867. The molecule has 120 valence electrons. The van der Waals surface area contributed by atoms with Gasteiger partial charge in [-0.25, -0.2) is 8.42 Å². The zero-order valence-electron chi connectivity index (χ0n) is 12.2. The first-order valence-electron chi connectivity index (χ1n) is 6.54. The highest BCUT2D eigenvalue weighted by Crippen LogP contribution is 2.13. The molecule has 0 amide bonds. The predicted octanol–water partition coefficient (Wildman–Crippen LogP) is 0.266. The van der Waals surface area contributed by atoms with Crippen LogP contribution in [0.15, 0.2) is 41.6 Å².